The van der Waals surface area contributed by atoms with Crippen LogP contribution < -0.4 is 25.3 Å². The number of rotatable bonds is 7. The molecule has 206 valence electrons. The van der Waals surface area contributed by atoms with Crippen molar-refractivity contribution >= 4 is 39.3 Å². The van der Waals surface area contributed by atoms with Gasteiger partial charge in [-0.15, -0.1) is 0 Å². The molecule has 9 nitrogen and oxygen atoms in total. The van der Waals surface area contributed by atoms with Crippen molar-refractivity contribution in [1.29, 1.82) is 0 Å². The Morgan fingerprint density at radius 3 is 2.33 bits per heavy atom. The lowest BCUT2D eigenvalue weighted by molar-refractivity contribution is -0.137. The molecule has 4 N–H and O–H groups in total. The Bertz CT molecular complexity index is 1560. The van der Waals surface area contributed by atoms with Crippen molar-refractivity contribution in [2.24, 2.45) is 21.5 Å². The SMILES string of the molecule is CC1(C)N=C(N)N=C(N)N1c1ccc(OCc2ccc(S(=O)(=O)Oc3cccc(C(F)(F)F)c3)cc2)c(Cl)c1. The Balaban J connectivity index is 1.43. The summed E-state index contributed by atoms with van der Waals surface area (Å²) in [7, 11) is -4.37. The van der Waals surface area contributed by atoms with Gasteiger partial charge >= 0.3 is 16.3 Å². The molecule has 0 bridgehead atoms. The molecule has 0 fully saturated rings. The van der Waals surface area contributed by atoms with E-state index in [1.165, 1.54) is 24.3 Å². The van der Waals surface area contributed by atoms with Gasteiger partial charge in [0.25, 0.3) is 0 Å². The molecule has 0 aliphatic carbocycles. The minimum absolute atomic E-state index is 0.0491. The number of alkyl halides is 3. The minimum atomic E-state index is -4.64. The van der Waals surface area contributed by atoms with E-state index in [0.717, 1.165) is 18.2 Å². The van der Waals surface area contributed by atoms with Crippen LogP contribution in [0.5, 0.6) is 11.5 Å². The Labute approximate surface area is 227 Å². The highest BCUT2D eigenvalue weighted by atomic mass is 35.5. The molecule has 0 radical (unpaired) electrons. The average Bonchev–Trinajstić information content (AvgIpc) is 2.82. The molecular formula is C25H23ClF3N5O4S. The fourth-order valence-corrected chi connectivity index (χ4v) is 4.96. The quantitative estimate of drug-likeness (QED) is 0.380. The number of nitrogens with two attached hydrogens (primary N) is 2. The van der Waals surface area contributed by atoms with Gasteiger partial charge in [0.05, 0.1) is 10.6 Å². The van der Waals surface area contributed by atoms with Crippen LogP contribution in [0, 0.1) is 0 Å². The fourth-order valence-electron chi connectivity index (χ4n) is 3.81. The molecule has 0 saturated heterocycles. The van der Waals surface area contributed by atoms with E-state index in [-0.39, 0.29) is 28.4 Å². The number of hydrogen-bond donors (Lipinski definition) is 2. The molecular weight excluding hydrogens is 559 g/mol. The normalized spacial score (nSPS) is 15.4. The molecule has 0 atom stereocenters. The number of aliphatic imine (C=N–C) groups is 2. The standard InChI is InChI=1S/C25H23ClF3N5O4S/c1-24(2)33-22(30)32-23(31)34(24)17-8-11-21(20(26)13-17)37-14-15-6-9-19(10-7-15)39(35,36)38-18-5-3-4-16(12-18)25(27,28)29/h3-13H,14H2,1-2H3,(H4,30,31,32,33). The Morgan fingerprint density at radius 2 is 1.72 bits per heavy atom. The predicted molar refractivity (Wildman–Crippen MR) is 141 cm³/mol. The molecule has 0 spiro atoms. The van der Waals surface area contributed by atoms with E-state index < -0.39 is 33.3 Å². The van der Waals surface area contributed by atoms with Gasteiger partial charge in [-0.25, -0.2) is 4.99 Å². The third-order valence-corrected chi connectivity index (χ3v) is 7.10. The molecule has 39 heavy (non-hydrogen) atoms. The van der Waals surface area contributed by atoms with Crippen molar-refractivity contribution in [1.82, 2.24) is 0 Å². The minimum Gasteiger partial charge on any atom is -0.487 e. The first-order valence-corrected chi connectivity index (χ1v) is 13.1. The van der Waals surface area contributed by atoms with E-state index in [9.17, 15) is 21.6 Å². The topological polar surface area (TPSA) is 133 Å². The van der Waals surface area contributed by atoms with E-state index in [4.69, 9.17) is 32.0 Å². The number of guanidine groups is 2. The molecule has 14 heteroatoms. The van der Waals surface area contributed by atoms with Crippen molar-refractivity contribution in [3.8, 4) is 11.5 Å². The van der Waals surface area contributed by atoms with Crippen LogP contribution in [0.3, 0.4) is 0 Å². The number of ether oxygens (including phenoxy) is 1. The summed E-state index contributed by atoms with van der Waals surface area (Å²) < 4.78 is 74.5. The predicted octanol–water partition coefficient (Wildman–Crippen LogP) is 4.89. The third-order valence-electron chi connectivity index (χ3n) is 5.54. The molecule has 0 saturated carbocycles. The van der Waals surface area contributed by atoms with Gasteiger partial charge in [0.15, 0.2) is 0 Å². The zero-order chi connectivity index (χ0) is 28.6. The van der Waals surface area contributed by atoms with Crippen LogP contribution in [0.25, 0.3) is 0 Å². The smallest absolute Gasteiger partial charge is 0.416 e. The molecule has 3 aromatic carbocycles. The molecule has 0 amide bonds. The number of nitrogens with zero attached hydrogens (tertiary/aromatic N) is 3. The van der Waals surface area contributed by atoms with Crippen LogP contribution in [0.15, 0.2) is 81.6 Å². The van der Waals surface area contributed by atoms with Crippen LogP contribution in [0.1, 0.15) is 25.0 Å². The number of benzene rings is 3. The highest BCUT2D eigenvalue weighted by Crippen LogP contribution is 2.35. The van der Waals surface area contributed by atoms with Crippen LogP contribution in [-0.4, -0.2) is 26.0 Å². The maximum atomic E-state index is 12.9. The van der Waals surface area contributed by atoms with Crippen molar-refractivity contribution in [3.05, 3.63) is 82.9 Å². The first-order valence-electron chi connectivity index (χ1n) is 11.3. The molecule has 4 rings (SSSR count). The van der Waals surface area contributed by atoms with E-state index in [2.05, 4.69) is 9.98 Å². The van der Waals surface area contributed by atoms with Crippen LogP contribution in [-0.2, 0) is 22.9 Å². The Morgan fingerprint density at radius 1 is 1.03 bits per heavy atom. The molecule has 3 aromatic rings. The number of anilines is 1. The first kappa shape index (κ1) is 28.0. The van der Waals surface area contributed by atoms with E-state index >= 15 is 0 Å². The second-order valence-electron chi connectivity index (χ2n) is 8.88. The van der Waals surface area contributed by atoms with E-state index in [0.29, 0.717) is 23.1 Å². The molecule has 1 heterocycles. The summed E-state index contributed by atoms with van der Waals surface area (Å²) in [5.41, 5.74) is 11.2. The van der Waals surface area contributed by atoms with Gasteiger partial charge in [0.1, 0.15) is 28.7 Å². The lowest BCUT2D eigenvalue weighted by Gasteiger charge is -2.38. The Kier molecular flexibility index (Phi) is 7.41. The summed E-state index contributed by atoms with van der Waals surface area (Å²) in [4.78, 5) is 9.72. The van der Waals surface area contributed by atoms with Crippen LogP contribution in [0.2, 0.25) is 5.02 Å². The molecule has 1 aliphatic rings. The summed E-state index contributed by atoms with van der Waals surface area (Å²) in [6, 6.07) is 14.1. The van der Waals surface area contributed by atoms with Crippen molar-refractivity contribution in [3.63, 3.8) is 0 Å². The number of hydrogen-bond acceptors (Lipinski definition) is 9. The second kappa shape index (κ2) is 10.3. The van der Waals surface area contributed by atoms with E-state index in [1.54, 1.807) is 23.1 Å². The Hall–Kier alpha value is -3.97. The fraction of sp³-hybridized carbons (Fsp3) is 0.200. The monoisotopic (exact) mass is 581 g/mol. The second-order valence-corrected chi connectivity index (χ2v) is 10.8. The molecule has 0 aromatic heterocycles. The first-order chi connectivity index (χ1) is 18.2. The van der Waals surface area contributed by atoms with Gasteiger partial charge in [-0.1, -0.05) is 29.8 Å². The van der Waals surface area contributed by atoms with Gasteiger partial charge < -0.3 is 20.4 Å². The zero-order valence-electron chi connectivity index (χ0n) is 20.6. The molecule has 0 unspecified atom stereocenters. The van der Waals surface area contributed by atoms with Crippen molar-refractivity contribution in [2.45, 2.75) is 37.2 Å². The summed E-state index contributed by atoms with van der Waals surface area (Å²) in [6.45, 7) is 3.68. The van der Waals surface area contributed by atoms with Crippen LogP contribution >= 0.6 is 11.6 Å². The number of halogens is 4. The molecule has 1 aliphatic heterocycles. The summed E-state index contributed by atoms with van der Waals surface area (Å²) in [5, 5.41) is 0.285. The third kappa shape index (κ3) is 6.37. The lowest BCUT2D eigenvalue weighted by atomic mass is 10.1. The van der Waals surface area contributed by atoms with E-state index in [1.807, 2.05) is 13.8 Å². The van der Waals surface area contributed by atoms with Gasteiger partial charge in [-0.05, 0) is 67.9 Å². The average molecular weight is 582 g/mol. The highest BCUT2D eigenvalue weighted by Gasteiger charge is 2.33. The van der Waals surface area contributed by atoms with Crippen molar-refractivity contribution < 1.29 is 30.5 Å². The van der Waals surface area contributed by atoms with Gasteiger partial charge in [-0.2, -0.15) is 26.6 Å². The summed E-state index contributed by atoms with van der Waals surface area (Å²) in [5.74, 6) is 0.134. The zero-order valence-corrected chi connectivity index (χ0v) is 22.2. The largest absolute Gasteiger partial charge is 0.487 e. The van der Waals surface area contributed by atoms with Gasteiger partial charge in [-0.3, -0.25) is 4.90 Å². The maximum Gasteiger partial charge on any atom is 0.416 e. The highest BCUT2D eigenvalue weighted by molar-refractivity contribution is 7.87. The van der Waals surface area contributed by atoms with Crippen molar-refractivity contribution in [2.75, 3.05) is 4.90 Å². The van der Waals surface area contributed by atoms with Crippen LogP contribution in [0.4, 0.5) is 18.9 Å². The summed E-state index contributed by atoms with van der Waals surface area (Å²) >= 11 is 6.43. The summed E-state index contributed by atoms with van der Waals surface area (Å²) in [6.07, 6.45) is -4.64. The van der Waals surface area contributed by atoms with Gasteiger partial charge in [0.2, 0.25) is 11.9 Å². The maximum absolute atomic E-state index is 12.9. The van der Waals surface area contributed by atoms with Gasteiger partial charge in [0, 0.05) is 5.69 Å². The lowest BCUT2D eigenvalue weighted by Crippen LogP contribution is -2.54.